The number of nitrogens with one attached hydrogen (secondary N) is 8. The molecule has 2 aromatic rings. The number of esters is 1. The van der Waals surface area contributed by atoms with Crippen LogP contribution in [0.2, 0.25) is 0 Å². The number of likely N-dealkylation sites (tertiary alicyclic amines) is 1. The lowest BCUT2D eigenvalue weighted by Gasteiger charge is -2.32. The van der Waals surface area contributed by atoms with E-state index in [4.69, 9.17) is 16.2 Å². The summed E-state index contributed by atoms with van der Waals surface area (Å²) in [6.07, 6.45) is 2.21. The molecule has 2 aromatic carbocycles. The van der Waals surface area contributed by atoms with Crippen LogP contribution in [0.3, 0.4) is 0 Å². The van der Waals surface area contributed by atoms with Crippen molar-refractivity contribution in [3.05, 3.63) is 71.8 Å². The van der Waals surface area contributed by atoms with Gasteiger partial charge in [-0.3, -0.25) is 47.9 Å². The zero-order valence-corrected chi connectivity index (χ0v) is 51.3. The molecule has 3 saturated heterocycles. The molecule has 85 heavy (non-hydrogen) atoms. The first-order chi connectivity index (χ1) is 40.6. The quantitative estimate of drug-likeness (QED) is 0.0676. The molecule has 468 valence electrons. The molecule has 0 radical (unpaired) electrons. The van der Waals surface area contributed by atoms with Crippen LogP contribution in [0.25, 0.3) is 0 Å². The first-order valence-electron chi connectivity index (χ1n) is 29.6. The molecule has 3 heterocycles. The highest BCUT2D eigenvalue weighted by atomic mass is 33.1. The molecule has 10 atom stereocenters. The van der Waals surface area contributed by atoms with Crippen molar-refractivity contribution < 1.29 is 57.5 Å². The number of rotatable bonds is 19. The number of fused-ring (bicyclic) bond motifs is 1. The summed E-state index contributed by atoms with van der Waals surface area (Å²) in [6.45, 7) is 10.7. The van der Waals surface area contributed by atoms with E-state index in [1.165, 1.54) is 16.7 Å². The summed E-state index contributed by atoms with van der Waals surface area (Å²) in [7, 11) is 2.10. The molecule has 3 aliphatic rings. The Morgan fingerprint density at radius 2 is 1.24 bits per heavy atom. The van der Waals surface area contributed by atoms with Crippen molar-refractivity contribution in [2.45, 2.75) is 173 Å². The fraction of sp³-hybridized carbons (Fsp3) is 0.610. The van der Waals surface area contributed by atoms with Crippen molar-refractivity contribution in [3.8, 4) is 0 Å². The number of carbonyl (C=O) groups is 11. The Morgan fingerprint density at radius 3 is 1.84 bits per heavy atom. The highest BCUT2D eigenvalue weighted by Gasteiger charge is 2.43. The Bertz CT molecular complexity index is 2600. The van der Waals surface area contributed by atoms with Gasteiger partial charge < -0.3 is 68.5 Å². The molecular weight excluding hydrogens is 1130 g/mol. The van der Waals surface area contributed by atoms with Crippen molar-refractivity contribution in [2.24, 2.45) is 23.3 Å². The van der Waals surface area contributed by atoms with E-state index in [2.05, 4.69) is 42.5 Å². The Labute approximate surface area is 506 Å². The number of benzene rings is 2. The normalized spacial score (nSPS) is 24.9. The van der Waals surface area contributed by atoms with Crippen LogP contribution in [-0.2, 0) is 70.3 Å². The van der Waals surface area contributed by atoms with E-state index >= 15 is 0 Å². The molecule has 10 amide bonds. The van der Waals surface area contributed by atoms with E-state index in [-0.39, 0.29) is 102 Å². The van der Waals surface area contributed by atoms with Gasteiger partial charge in [0.25, 0.3) is 0 Å². The number of hydrogen-bond donors (Lipinski definition) is 10. The summed E-state index contributed by atoms with van der Waals surface area (Å²) in [4.78, 5) is 160. The molecule has 0 aliphatic carbocycles. The smallest absolute Gasteiger partial charge is 0.328 e. The third kappa shape index (κ3) is 21.3. The number of nitrogens with zero attached hydrogens (tertiary/aromatic N) is 2. The fourth-order valence-electron chi connectivity index (χ4n) is 10.5. The zero-order chi connectivity index (χ0) is 62.2. The molecule has 3 aliphatic heterocycles. The first kappa shape index (κ1) is 69.0. The molecule has 4 unspecified atom stereocenters. The second kappa shape index (κ2) is 35.0. The van der Waals surface area contributed by atoms with E-state index < -0.39 is 131 Å². The van der Waals surface area contributed by atoms with Gasteiger partial charge in [-0.05, 0) is 101 Å². The van der Waals surface area contributed by atoms with Gasteiger partial charge in [-0.15, -0.1) is 0 Å². The second-order valence-electron chi connectivity index (χ2n) is 22.4. The third-order valence-electron chi connectivity index (χ3n) is 14.9. The average molecular weight is 1220 g/mol. The van der Waals surface area contributed by atoms with E-state index in [9.17, 15) is 52.7 Å². The Kier molecular flexibility index (Phi) is 28.4. The van der Waals surface area contributed by atoms with Crippen molar-refractivity contribution >= 4 is 86.6 Å². The van der Waals surface area contributed by atoms with Gasteiger partial charge in [0.05, 0.1) is 6.61 Å². The summed E-state index contributed by atoms with van der Waals surface area (Å²) >= 11 is 0. The van der Waals surface area contributed by atoms with Gasteiger partial charge in [0, 0.05) is 44.4 Å². The molecule has 12 N–H and O–H groups in total. The van der Waals surface area contributed by atoms with Gasteiger partial charge in [-0.2, -0.15) is 0 Å². The molecule has 0 spiro atoms. The summed E-state index contributed by atoms with van der Waals surface area (Å²) < 4.78 is 5.31. The maximum absolute atomic E-state index is 14.9. The molecule has 0 saturated carbocycles. The standard InChI is InChI=1S/C59H88N12O12S2/c1-7-83-59(82)48-25-17-29-71(48)58(81)44(32-39-20-12-9-13-21-39)67-54(77)46-34-85-84-33-45(62-37(6)72)53(76)63-40(22-14-26-60)50(73)65-42(30-35(2)3)52(75)66-43(31-38-18-10-8-11-19-38)57(80)70-28-16-24-47(70)55(78)69-49(36(4)5)56(79)64-41(23-15-27-61)51(74)68-46/h8-13,18-21,35-36,40-49H,7,14-17,22-34,60-61H2,1-6H3,(H,62,72)(H,63,76)(H,64,79)(H,65,73)(H,66,75)(H,67,77)(H,68,74)(H,69,78)/t40-,41-,42?,43?,44+,45?,46-,47-,48-,49?/m0/s1. The third-order valence-corrected chi connectivity index (χ3v) is 17.3. The van der Waals surface area contributed by atoms with Crippen molar-refractivity contribution in [1.82, 2.24) is 52.3 Å². The van der Waals surface area contributed by atoms with Crippen LogP contribution < -0.4 is 54.0 Å². The lowest BCUT2D eigenvalue weighted by atomic mass is 9.99. The van der Waals surface area contributed by atoms with Crippen molar-refractivity contribution in [2.75, 3.05) is 44.3 Å². The first-order valence-corrected chi connectivity index (χ1v) is 32.0. The highest BCUT2D eigenvalue weighted by molar-refractivity contribution is 8.76. The summed E-state index contributed by atoms with van der Waals surface area (Å²) in [5.74, 6) is -8.46. The lowest BCUT2D eigenvalue weighted by Crippen LogP contribution is -2.61. The van der Waals surface area contributed by atoms with Crippen LogP contribution in [0.5, 0.6) is 0 Å². The van der Waals surface area contributed by atoms with Crippen LogP contribution in [0.4, 0.5) is 0 Å². The molecular formula is C59H88N12O12S2. The predicted octanol–water partition coefficient (Wildman–Crippen LogP) is 0.490. The van der Waals surface area contributed by atoms with Gasteiger partial charge >= 0.3 is 5.97 Å². The number of ether oxygens (including phenoxy) is 1. The van der Waals surface area contributed by atoms with E-state index in [0.29, 0.717) is 30.4 Å². The Balaban J connectivity index is 1.56. The van der Waals surface area contributed by atoms with Gasteiger partial charge in [0.15, 0.2) is 0 Å². The van der Waals surface area contributed by atoms with Crippen molar-refractivity contribution in [1.29, 1.82) is 0 Å². The monoisotopic (exact) mass is 1220 g/mol. The minimum absolute atomic E-state index is 0.00193. The summed E-state index contributed by atoms with van der Waals surface area (Å²) in [6, 6.07) is 5.73. The van der Waals surface area contributed by atoms with Gasteiger partial charge in [0.2, 0.25) is 59.1 Å². The van der Waals surface area contributed by atoms with Crippen molar-refractivity contribution in [3.63, 3.8) is 0 Å². The zero-order valence-electron chi connectivity index (χ0n) is 49.7. The number of carbonyl (C=O) groups excluding carboxylic acids is 11. The predicted molar refractivity (Wildman–Crippen MR) is 323 cm³/mol. The maximum atomic E-state index is 14.9. The highest BCUT2D eigenvalue weighted by Crippen LogP contribution is 2.26. The van der Waals surface area contributed by atoms with Gasteiger partial charge in [-0.25, -0.2) is 4.79 Å². The van der Waals surface area contributed by atoms with Crippen LogP contribution in [0.1, 0.15) is 110 Å². The topological polar surface area (TPSA) is 352 Å². The minimum atomic E-state index is -1.43. The Morgan fingerprint density at radius 1 is 0.671 bits per heavy atom. The molecule has 24 nitrogen and oxygen atoms in total. The average Bonchev–Trinajstić information content (AvgIpc) is 4.01. The molecule has 26 heteroatoms. The summed E-state index contributed by atoms with van der Waals surface area (Å²) in [5, 5.41) is 22.3. The van der Waals surface area contributed by atoms with E-state index in [1.54, 1.807) is 81.4 Å². The largest absolute Gasteiger partial charge is 0.464 e. The molecule has 3 fully saturated rings. The number of nitrogens with two attached hydrogens (primary N) is 2. The number of amides is 10. The minimum Gasteiger partial charge on any atom is -0.464 e. The molecule has 0 bridgehead atoms. The summed E-state index contributed by atoms with van der Waals surface area (Å²) in [5.41, 5.74) is 13.2. The second-order valence-corrected chi connectivity index (χ2v) is 25.0. The Hall–Kier alpha value is -6.77. The molecule has 5 rings (SSSR count). The lowest BCUT2D eigenvalue weighted by molar-refractivity contribution is -0.153. The van der Waals surface area contributed by atoms with Crippen LogP contribution in [0.15, 0.2) is 60.7 Å². The maximum Gasteiger partial charge on any atom is 0.328 e. The number of hydrogen-bond acceptors (Lipinski definition) is 16. The van der Waals surface area contributed by atoms with Crippen LogP contribution in [0, 0.1) is 11.8 Å². The van der Waals surface area contributed by atoms with Gasteiger partial charge in [0.1, 0.15) is 60.4 Å². The SMILES string of the molecule is CCOC(=O)[C@@H]1CCCN1C(=O)[C@@H](Cc1ccccc1)NC(=O)[C@@H]1CSSCC(NC(C)=O)C(=O)N[C@@H](CCCN)C(=O)NC(CC(C)C)C(=O)NC(Cc2ccccc2)C(=O)N2CCC[C@H]2C(=O)NC(C(C)C)C(=O)N[C@@H](CCCN)C(=O)N1. The fourth-order valence-corrected chi connectivity index (χ4v) is 12.8. The van der Waals surface area contributed by atoms with Gasteiger partial charge in [-0.1, -0.05) is 110 Å². The van der Waals surface area contributed by atoms with E-state index in [0.717, 1.165) is 21.6 Å². The van der Waals surface area contributed by atoms with Crippen LogP contribution >= 0.6 is 21.6 Å². The van der Waals surface area contributed by atoms with E-state index in [1.807, 2.05) is 13.8 Å². The van der Waals surface area contributed by atoms with Crippen LogP contribution in [-0.4, -0.2) is 180 Å². The molecule has 0 aromatic heterocycles.